The number of benzene rings is 3. The first-order valence-corrected chi connectivity index (χ1v) is 9.30. The van der Waals surface area contributed by atoms with Gasteiger partial charge in [-0.1, -0.05) is 30.3 Å². The summed E-state index contributed by atoms with van der Waals surface area (Å²) < 4.78 is 28.9. The topological polar surface area (TPSA) is 46.2 Å². The molecular weight excluding hydrogens is 409 g/mol. The van der Waals surface area contributed by atoms with E-state index in [1.807, 2.05) is 49.4 Å². The Labute approximate surface area is 143 Å². The molecule has 3 rings (SSSR count). The van der Waals surface area contributed by atoms with Crippen LogP contribution in [0.1, 0.15) is 5.56 Å². The molecule has 112 valence electrons. The minimum atomic E-state index is -3.59. The number of hydrogen-bond donors (Lipinski definition) is 1. The SMILES string of the molecule is Cc1cc(I)ccc1NS(=O)(=O)c1ccc2ccccc2c1. The number of halogens is 1. The van der Waals surface area contributed by atoms with E-state index in [2.05, 4.69) is 27.3 Å². The van der Waals surface area contributed by atoms with E-state index in [9.17, 15) is 8.42 Å². The third-order valence-corrected chi connectivity index (χ3v) is 5.50. The average Bonchev–Trinajstić information content (AvgIpc) is 2.49. The summed E-state index contributed by atoms with van der Waals surface area (Å²) in [7, 11) is -3.59. The first-order valence-electron chi connectivity index (χ1n) is 6.73. The van der Waals surface area contributed by atoms with Crippen LogP contribution in [-0.2, 0) is 10.0 Å². The zero-order valence-electron chi connectivity index (χ0n) is 11.9. The van der Waals surface area contributed by atoms with Crippen molar-refractivity contribution >= 4 is 49.1 Å². The molecule has 3 nitrogen and oxygen atoms in total. The van der Waals surface area contributed by atoms with E-state index in [0.29, 0.717) is 5.69 Å². The van der Waals surface area contributed by atoms with Gasteiger partial charge in [-0.3, -0.25) is 4.72 Å². The zero-order chi connectivity index (χ0) is 15.7. The molecule has 0 radical (unpaired) electrons. The summed E-state index contributed by atoms with van der Waals surface area (Å²) >= 11 is 2.20. The van der Waals surface area contributed by atoms with Crippen molar-refractivity contribution in [2.75, 3.05) is 4.72 Å². The molecule has 3 aromatic carbocycles. The molecular formula is C17H14INO2S. The standard InChI is InChI=1S/C17H14INO2S/c1-12-10-15(18)7-9-17(12)19-22(20,21)16-8-6-13-4-2-3-5-14(13)11-16/h2-11,19H,1H3. The summed E-state index contributed by atoms with van der Waals surface area (Å²) in [5.41, 5.74) is 1.50. The fourth-order valence-corrected chi connectivity index (χ4v) is 4.09. The first kappa shape index (κ1) is 15.3. The number of anilines is 1. The van der Waals surface area contributed by atoms with E-state index in [0.717, 1.165) is 19.9 Å². The largest absolute Gasteiger partial charge is 0.279 e. The van der Waals surface area contributed by atoms with Crippen LogP contribution in [0.25, 0.3) is 10.8 Å². The minimum absolute atomic E-state index is 0.268. The highest BCUT2D eigenvalue weighted by atomic mass is 127. The van der Waals surface area contributed by atoms with Crippen LogP contribution in [0, 0.1) is 10.5 Å². The van der Waals surface area contributed by atoms with Gasteiger partial charge in [0.1, 0.15) is 0 Å². The van der Waals surface area contributed by atoms with Crippen molar-refractivity contribution in [1.82, 2.24) is 0 Å². The molecule has 0 saturated heterocycles. The van der Waals surface area contributed by atoms with Crippen molar-refractivity contribution in [2.24, 2.45) is 0 Å². The normalized spacial score (nSPS) is 11.5. The number of hydrogen-bond acceptors (Lipinski definition) is 2. The lowest BCUT2D eigenvalue weighted by atomic mass is 10.1. The molecule has 0 saturated carbocycles. The Kier molecular flexibility index (Phi) is 4.10. The molecule has 1 N–H and O–H groups in total. The molecule has 0 fully saturated rings. The Balaban J connectivity index is 2.00. The van der Waals surface area contributed by atoms with Crippen LogP contribution in [0.3, 0.4) is 0 Å². The van der Waals surface area contributed by atoms with E-state index < -0.39 is 10.0 Å². The number of aryl methyl sites for hydroxylation is 1. The van der Waals surface area contributed by atoms with Gasteiger partial charge in [0.15, 0.2) is 0 Å². The molecule has 22 heavy (non-hydrogen) atoms. The molecule has 0 aromatic heterocycles. The maximum absolute atomic E-state index is 12.6. The number of rotatable bonds is 3. The molecule has 0 heterocycles. The minimum Gasteiger partial charge on any atom is -0.279 e. The number of sulfonamides is 1. The quantitative estimate of drug-likeness (QED) is 0.629. The fourth-order valence-electron chi connectivity index (χ4n) is 2.28. The number of fused-ring (bicyclic) bond motifs is 1. The van der Waals surface area contributed by atoms with Crippen LogP contribution >= 0.6 is 22.6 Å². The predicted molar refractivity (Wildman–Crippen MR) is 98.7 cm³/mol. The fraction of sp³-hybridized carbons (Fsp3) is 0.0588. The van der Waals surface area contributed by atoms with Gasteiger partial charge in [-0.05, 0) is 76.2 Å². The Morgan fingerprint density at radius 1 is 0.909 bits per heavy atom. The summed E-state index contributed by atoms with van der Waals surface area (Å²) in [6.07, 6.45) is 0. The molecule has 3 aromatic rings. The van der Waals surface area contributed by atoms with Gasteiger partial charge < -0.3 is 0 Å². The van der Waals surface area contributed by atoms with Gasteiger partial charge >= 0.3 is 0 Å². The number of nitrogens with one attached hydrogen (secondary N) is 1. The van der Waals surface area contributed by atoms with E-state index >= 15 is 0 Å². The Morgan fingerprint density at radius 2 is 1.64 bits per heavy atom. The van der Waals surface area contributed by atoms with Gasteiger partial charge in [0.2, 0.25) is 0 Å². The molecule has 0 amide bonds. The summed E-state index contributed by atoms with van der Waals surface area (Å²) in [6, 6.07) is 18.5. The van der Waals surface area contributed by atoms with Gasteiger partial charge in [0.25, 0.3) is 10.0 Å². The zero-order valence-corrected chi connectivity index (χ0v) is 14.9. The average molecular weight is 423 g/mol. The smallest absolute Gasteiger partial charge is 0.261 e. The molecule has 0 unspecified atom stereocenters. The Bertz CT molecular complexity index is 952. The maximum Gasteiger partial charge on any atom is 0.261 e. The van der Waals surface area contributed by atoms with E-state index in [-0.39, 0.29) is 4.90 Å². The highest BCUT2D eigenvalue weighted by Gasteiger charge is 2.15. The lowest BCUT2D eigenvalue weighted by Gasteiger charge is -2.11. The van der Waals surface area contributed by atoms with Crippen LogP contribution < -0.4 is 4.72 Å². The van der Waals surface area contributed by atoms with Crippen molar-refractivity contribution in [1.29, 1.82) is 0 Å². The molecule has 0 aliphatic heterocycles. The molecule has 5 heteroatoms. The second-order valence-corrected chi connectivity index (χ2v) is 8.00. The van der Waals surface area contributed by atoms with Crippen molar-refractivity contribution in [2.45, 2.75) is 11.8 Å². The Hall–Kier alpha value is -1.60. The van der Waals surface area contributed by atoms with Crippen LogP contribution in [0.5, 0.6) is 0 Å². The molecule has 0 aliphatic carbocycles. The van der Waals surface area contributed by atoms with Crippen LogP contribution in [0.2, 0.25) is 0 Å². The third-order valence-electron chi connectivity index (χ3n) is 3.46. The van der Waals surface area contributed by atoms with Crippen molar-refractivity contribution in [3.63, 3.8) is 0 Å². The van der Waals surface area contributed by atoms with Gasteiger partial charge in [-0.25, -0.2) is 8.42 Å². The third kappa shape index (κ3) is 3.10. The van der Waals surface area contributed by atoms with E-state index in [1.54, 1.807) is 18.2 Å². The van der Waals surface area contributed by atoms with Crippen LogP contribution in [0.4, 0.5) is 5.69 Å². The summed E-state index contributed by atoms with van der Waals surface area (Å²) in [5.74, 6) is 0. The predicted octanol–water partition coefficient (Wildman–Crippen LogP) is 4.55. The monoisotopic (exact) mass is 423 g/mol. The van der Waals surface area contributed by atoms with Crippen LogP contribution in [-0.4, -0.2) is 8.42 Å². The maximum atomic E-state index is 12.6. The lowest BCUT2D eigenvalue weighted by molar-refractivity contribution is 0.601. The van der Waals surface area contributed by atoms with Gasteiger partial charge in [-0.15, -0.1) is 0 Å². The summed E-state index contributed by atoms with van der Waals surface area (Å²) in [4.78, 5) is 0.268. The molecule has 0 atom stereocenters. The van der Waals surface area contributed by atoms with Gasteiger partial charge in [-0.2, -0.15) is 0 Å². The molecule has 0 spiro atoms. The molecule has 0 bridgehead atoms. The second kappa shape index (κ2) is 5.89. The Morgan fingerprint density at radius 3 is 2.36 bits per heavy atom. The van der Waals surface area contributed by atoms with E-state index in [1.165, 1.54) is 0 Å². The van der Waals surface area contributed by atoms with Crippen molar-refractivity contribution < 1.29 is 8.42 Å². The highest BCUT2D eigenvalue weighted by Crippen LogP contribution is 2.24. The lowest BCUT2D eigenvalue weighted by Crippen LogP contribution is -2.13. The summed E-state index contributed by atoms with van der Waals surface area (Å²) in [5, 5.41) is 1.93. The van der Waals surface area contributed by atoms with Crippen LogP contribution in [0.15, 0.2) is 65.6 Å². The molecule has 0 aliphatic rings. The van der Waals surface area contributed by atoms with Gasteiger partial charge in [0, 0.05) is 3.57 Å². The van der Waals surface area contributed by atoms with E-state index in [4.69, 9.17) is 0 Å². The van der Waals surface area contributed by atoms with Crippen molar-refractivity contribution in [3.8, 4) is 0 Å². The second-order valence-electron chi connectivity index (χ2n) is 5.07. The summed E-state index contributed by atoms with van der Waals surface area (Å²) in [6.45, 7) is 1.89. The highest BCUT2D eigenvalue weighted by molar-refractivity contribution is 14.1. The first-order chi connectivity index (χ1) is 10.5. The van der Waals surface area contributed by atoms with Gasteiger partial charge in [0.05, 0.1) is 10.6 Å². The van der Waals surface area contributed by atoms with Crippen molar-refractivity contribution in [3.05, 3.63) is 69.8 Å².